The second kappa shape index (κ2) is 7.68. The highest BCUT2D eigenvalue weighted by Gasteiger charge is 2.11. The van der Waals surface area contributed by atoms with Crippen molar-refractivity contribution in [1.29, 1.82) is 0 Å². The van der Waals surface area contributed by atoms with E-state index in [1.807, 2.05) is 0 Å². The molecule has 0 radical (unpaired) electrons. The van der Waals surface area contributed by atoms with Crippen molar-refractivity contribution in [2.24, 2.45) is 5.92 Å². The molecule has 6 heteroatoms. The van der Waals surface area contributed by atoms with Crippen LogP contribution >= 0.6 is 0 Å². The minimum absolute atomic E-state index is 0.0135. The van der Waals surface area contributed by atoms with Crippen molar-refractivity contribution in [3.05, 3.63) is 23.6 Å². The van der Waals surface area contributed by atoms with Gasteiger partial charge in [-0.1, -0.05) is 13.8 Å². The zero-order chi connectivity index (χ0) is 14.3. The Labute approximate surface area is 112 Å². The molecule has 0 aromatic carbocycles. The number of carbonyl (C=O) groups is 1. The molecule has 1 rings (SSSR count). The number of nitrogens with two attached hydrogens (primary N) is 1. The number of carbonyl (C=O) groups excluding carboxylic acids is 1. The van der Waals surface area contributed by atoms with Crippen molar-refractivity contribution in [2.45, 2.75) is 20.3 Å². The fourth-order valence-corrected chi connectivity index (χ4v) is 1.38. The zero-order valence-corrected chi connectivity index (χ0v) is 11.3. The van der Waals surface area contributed by atoms with Crippen LogP contribution in [0.3, 0.4) is 0 Å². The van der Waals surface area contributed by atoms with Crippen LogP contribution in [0.1, 0.15) is 30.6 Å². The van der Waals surface area contributed by atoms with Crippen LogP contribution in [-0.4, -0.2) is 30.6 Å². The first kappa shape index (κ1) is 15.4. The normalized spacial score (nSPS) is 10.7. The van der Waals surface area contributed by atoms with E-state index in [1.54, 1.807) is 0 Å². The first-order valence-corrected chi connectivity index (χ1v) is 6.27. The molecule has 0 fully saturated rings. The molecule has 1 amide bonds. The van der Waals surface area contributed by atoms with E-state index < -0.39 is 11.7 Å². The van der Waals surface area contributed by atoms with Gasteiger partial charge in [0.05, 0.1) is 18.4 Å². The predicted octanol–water partition coefficient (Wildman–Crippen LogP) is 1.60. The van der Waals surface area contributed by atoms with E-state index in [0.717, 1.165) is 18.7 Å². The van der Waals surface area contributed by atoms with Gasteiger partial charge in [0.25, 0.3) is 5.91 Å². The lowest BCUT2D eigenvalue weighted by Gasteiger charge is -2.08. The quantitative estimate of drug-likeness (QED) is 0.737. The molecule has 0 bridgehead atoms. The molecule has 0 unspecified atom stereocenters. The number of amides is 1. The third-order valence-corrected chi connectivity index (χ3v) is 2.50. The van der Waals surface area contributed by atoms with Gasteiger partial charge in [-0.3, -0.25) is 4.79 Å². The van der Waals surface area contributed by atoms with Crippen LogP contribution in [0, 0.1) is 11.7 Å². The van der Waals surface area contributed by atoms with Gasteiger partial charge >= 0.3 is 0 Å². The number of nitrogens with zero attached hydrogens (tertiary/aromatic N) is 1. The summed E-state index contributed by atoms with van der Waals surface area (Å²) in [6, 6.07) is 1.07. The van der Waals surface area contributed by atoms with Gasteiger partial charge in [-0.2, -0.15) is 0 Å². The second-order valence-corrected chi connectivity index (χ2v) is 4.64. The van der Waals surface area contributed by atoms with Crippen LogP contribution in [0.25, 0.3) is 0 Å². The average Bonchev–Trinajstić information content (AvgIpc) is 2.36. The number of anilines is 1. The number of ether oxygens (including phenoxy) is 1. The summed E-state index contributed by atoms with van der Waals surface area (Å²) in [5.74, 6) is -0.433. The fraction of sp³-hybridized carbons (Fsp3) is 0.538. The van der Waals surface area contributed by atoms with Gasteiger partial charge in [0, 0.05) is 13.2 Å². The number of rotatable bonds is 7. The van der Waals surface area contributed by atoms with Gasteiger partial charge in [-0.05, 0) is 18.4 Å². The second-order valence-electron chi connectivity index (χ2n) is 4.64. The summed E-state index contributed by atoms with van der Waals surface area (Å²) in [6.45, 7) is 5.67. The Kier molecular flexibility index (Phi) is 6.21. The molecule has 0 aliphatic carbocycles. The molecule has 0 saturated carbocycles. The van der Waals surface area contributed by atoms with E-state index in [-0.39, 0.29) is 11.4 Å². The zero-order valence-electron chi connectivity index (χ0n) is 11.3. The van der Waals surface area contributed by atoms with Gasteiger partial charge in [0.15, 0.2) is 0 Å². The molecular weight excluding hydrogens is 249 g/mol. The lowest BCUT2D eigenvalue weighted by atomic mass is 10.1. The van der Waals surface area contributed by atoms with Crippen LogP contribution in [0.15, 0.2) is 12.3 Å². The lowest BCUT2D eigenvalue weighted by molar-refractivity contribution is 0.0906. The number of nitrogens with one attached hydrogen (secondary N) is 1. The van der Waals surface area contributed by atoms with Crippen LogP contribution in [0.2, 0.25) is 0 Å². The molecule has 1 heterocycles. The average molecular weight is 269 g/mol. The van der Waals surface area contributed by atoms with E-state index in [0.29, 0.717) is 25.7 Å². The van der Waals surface area contributed by atoms with E-state index >= 15 is 0 Å². The van der Waals surface area contributed by atoms with Crippen molar-refractivity contribution >= 4 is 11.7 Å². The minimum atomic E-state index is -0.590. The largest absolute Gasteiger partial charge is 0.383 e. The minimum Gasteiger partial charge on any atom is -0.383 e. The molecular formula is C13H20FN3O2. The van der Waals surface area contributed by atoms with Crippen LogP contribution in [0.5, 0.6) is 0 Å². The van der Waals surface area contributed by atoms with Crippen molar-refractivity contribution < 1.29 is 13.9 Å². The Morgan fingerprint density at radius 2 is 2.26 bits per heavy atom. The molecule has 0 aliphatic heterocycles. The topological polar surface area (TPSA) is 77.2 Å². The lowest BCUT2D eigenvalue weighted by Crippen LogP contribution is -2.28. The van der Waals surface area contributed by atoms with Crippen LogP contribution in [-0.2, 0) is 4.74 Å². The number of hydrogen-bond donors (Lipinski definition) is 2. The van der Waals surface area contributed by atoms with Gasteiger partial charge in [0.1, 0.15) is 11.6 Å². The van der Waals surface area contributed by atoms with E-state index in [1.165, 1.54) is 0 Å². The van der Waals surface area contributed by atoms with Gasteiger partial charge in [0.2, 0.25) is 0 Å². The van der Waals surface area contributed by atoms with Crippen molar-refractivity contribution in [2.75, 3.05) is 25.5 Å². The summed E-state index contributed by atoms with van der Waals surface area (Å²) in [4.78, 5) is 15.3. The van der Waals surface area contributed by atoms with Gasteiger partial charge in [-0.15, -0.1) is 0 Å². The van der Waals surface area contributed by atoms with Crippen LogP contribution in [0.4, 0.5) is 10.2 Å². The standard InChI is InChI=1S/C13H20FN3O2/c1-9(2)3-5-19-6-4-16-13(18)11-7-10(14)8-17-12(11)15/h7-9H,3-6H2,1-2H3,(H2,15,17)(H,16,18). The molecule has 5 nitrogen and oxygen atoms in total. The van der Waals surface area contributed by atoms with Crippen molar-refractivity contribution in [1.82, 2.24) is 10.3 Å². The molecule has 1 aromatic heterocycles. The van der Waals surface area contributed by atoms with Crippen LogP contribution < -0.4 is 11.1 Å². The summed E-state index contributed by atoms with van der Waals surface area (Å²) in [7, 11) is 0. The van der Waals surface area contributed by atoms with E-state index in [2.05, 4.69) is 24.1 Å². The van der Waals surface area contributed by atoms with Crippen molar-refractivity contribution in [3.63, 3.8) is 0 Å². The Hall–Kier alpha value is -1.69. The number of halogens is 1. The maximum Gasteiger partial charge on any atom is 0.255 e. The Balaban J connectivity index is 2.29. The molecule has 3 N–H and O–H groups in total. The Bertz CT molecular complexity index is 424. The van der Waals surface area contributed by atoms with Gasteiger partial charge < -0.3 is 15.8 Å². The molecule has 0 saturated heterocycles. The summed E-state index contributed by atoms with van der Waals surface area (Å²) in [5.41, 5.74) is 5.55. The highest BCUT2D eigenvalue weighted by atomic mass is 19.1. The molecule has 106 valence electrons. The summed E-state index contributed by atoms with van der Waals surface area (Å²) in [5, 5.41) is 2.60. The molecule has 1 aromatic rings. The molecule has 0 aliphatic rings. The fourth-order valence-electron chi connectivity index (χ4n) is 1.38. The summed E-state index contributed by atoms with van der Waals surface area (Å²) in [6.07, 6.45) is 1.95. The first-order chi connectivity index (χ1) is 9.00. The number of hydrogen-bond acceptors (Lipinski definition) is 4. The maximum absolute atomic E-state index is 12.9. The monoisotopic (exact) mass is 269 g/mol. The Morgan fingerprint density at radius 3 is 2.95 bits per heavy atom. The van der Waals surface area contributed by atoms with Gasteiger partial charge in [-0.25, -0.2) is 9.37 Å². The SMILES string of the molecule is CC(C)CCOCCNC(=O)c1cc(F)cnc1N. The number of aromatic nitrogens is 1. The summed E-state index contributed by atoms with van der Waals surface area (Å²) >= 11 is 0. The third-order valence-electron chi connectivity index (χ3n) is 2.50. The highest BCUT2D eigenvalue weighted by Crippen LogP contribution is 2.09. The number of nitrogen functional groups attached to an aromatic ring is 1. The van der Waals surface area contributed by atoms with E-state index in [4.69, 9.17) is 10.5 Å². The predicted molar refractivity (Wildman–Crippen MR) is 71.2 cm³/mol. The molecule has 19 heavy (non-hydrogen) atoms. The number of pyridine rings is 1. The smallest absolute Gasteiger partial charge is 0.255 e. The van der Waals surface area contributed by atoms with Crippen molar-refractivity contribution in [3.8, 4) is 0 Å². The summed E-state index contributed by atoms with van der Waals surface area (Å²) < 4.78 is 18.3. The third kappa shape index (κ3) is 5.65. The highest BCUT2D eigenvalue weighted by molar-refractivity contribution is 5.98. The Morgan fingerprint density at radius 1 is 1.53 bits per heavy atom. The maximum atomic E-state index is 12.9. The molecule has 0 atom stereocenters. The van der Waals surface area contributed by atoms with E-state index in [9.17, 15) is 9.18 Å². The molecule has 0 spiro atoms. The first-order valence-electron chi connectivity index (χ1n) is 6.27.